The number of rotatable bonds is 16. The van der Waals surface area contributed by atoms with E-state index >= 15 is 0 Å². The SMILES string of the molecule is CCCN(CC)C(=O)CCC(=O)c1nc(NCC)c(C(=O)NCC(=O)N(CC)CC)nc1NCC. The number of ketones is 1. The maximum Gasteiger partial charge on any atom is 0.274 e. The molecule has 11 heteroatoms. The summed E-state index contributed by atoms with van der Waals surface area (Å²) in [4.78, 5) is 62.8. The summed E-state index contributed by atoms with van der Waals surface area (Å²) < 4.78 is 0. The van der Waals surface area contributed by atoms with E-state index in [4.69, 9.17) is 0 Å². The molecule has 0 saturated heterocycles. The summed E-state index contributed by atoms with van der Waals surface area (Å²) >= 11 is 0. The molecule has 0 aromatic carbocycles. The van der Waals surface area contributed by atoms with Gasteiger partial charge in [0.25, 0.3) is 5.91 Å². The average molecular weight is 492 g/mol. The zero-order chi connectivity index (χ0) is 26.4. The van der Waals surface area contributed by atoms with Crippen molar-refractivity contribution in [3.05, 3.63) is 11.4 Å². The molecule has 1 aromatic heterocycles. The topological polar surface area (TPSA) is 137 Å². The first-order valence-corrected chi connectivity index (χ1v) is 12.5. The van der Waals surface area contributed by atoms with Crippen molar-refractivity contribution in [2.45, 2.75) is 60.8 Å². The van der Waals surface area contributed by atoms with Gasteiger partial charge < -0.3 is 25.8 Å². The lowest BCUT2D eigenvalue weighted by Gasteiger charge is -2.20. The number of Topliss-reactive ketones (excluding diaryl/α,β-unsaturated/α-hetero) is 1. The third-order valence-corrected chi connectivity index (χ3v) is 5.37. The van der Waals surface area contributed by atoms with Crippen molar-refractivity contribution in [1.82, 2.24) is 25.1 Å². The van der Waals surface area contributed by atoms with Crippen molar-refractivity contribution in [2.75, 3.05) is 56.4 Å². The molecule has 0 spiro atoms. The minimum Gasteiger partial charge on any atom is -0.368 e. The Hall–Kier alpha value is -3.24. The molecule has 0 aliphatic carbocycles. The van der Waals surface area contributed by atoms with Gasteiger partial charge in [0.05, 0.1) is 6.54 Å². The Bertz CT molecular complexity index is 872. The Balaban J connectivity index is 3.15. The minimum absolute atomic E-state index is 0.0112. The predicted molar refractivity (Wildman–Crippen MR) is 137 cm³/mol. The normalized spacial score (nSPS) is 10.5. The molecule has 0 aliphatic rings. The van der Waals surface area contributed by atoms with Gasteiger partial charge >= 0.3 is 0 Å². The van der Waals surface area contributed by atoms with Crippen molar-refractivity contribution in [3.8, 4) is 0 Å². The van der Waals surface area contributed by atoms with Gasteiger partial charge in [-0.05, 0) is 41.0 Å². The van der Waals surface area contributed by atoms with Crippen LogP contribution in [0.1, 0.15) is 81.8 Å². The van der Waals surface area contributed by atoms with Gasteiger partial charge in [0.15, 0.2) is 28.8 Å². The molecule has 0 radical (unpaired) electrons. The van der Waals surface area contributed by atoms with Crippen molar-refractivity contribution >= 4 is 35.1 Å². The molecule has 0 fully saturated rings. The molecule has 1 heterocycles. The first kappa shape index (κ1) is 29.8. The highest BCUT2D eigenvalue weighted by Gasteiger charge is 2.24. The number of aromatic nitrogens is 2. The second kappa shape index (κ2) is 15.6. The number of anilines is 2. The molecule has 11 nitrogen and oxygen atoms in total. The summed E-state index contributed by atoms with van der Waals surface area (Å²) in [5.74, 6) is -0.863. The Labute approximate surface area is 208 Å². The Morgan fingerprint density at radius 1 is 0.714 bits per heavy atom. The highest BCUT2D eigenvalue weighted by Crippen LogP contribution is 2.20. The van der Waals surface area contributed by atoms with Crippen LogP contribution in [0.25, 0.3) is 0 Å². The van der Waals surface area contributed by atoms with E-state index in [-0.39, 0.29) is 60.0 Å². The summed E-state index contributed by atoms with van der Waals surface area (Å²) in [6.45, 7) is 14.4. The molecular formula is C24H41N7O4. The molecular weight excluding hydrogens is 450 g/mol. The molecule has 0 saturated carbocycles. The molecule has 0 unspecified atom stereocenters. The molecule has 1 aromatic rings. The molecule has 196 valence electrons. The summed E-state index contributed by atoms with van der Waals surface area (Å²) in [6.07, 6.45) is 0.910. The number of amides is 3. The average Bonchev–Trinajstić information content (AvgIpc) is 2.85. The van der Waals surface area contributed by atoms with Crippen LogP contribution in [0.3, 0.4) is 0 Å². The van der Waals surface area contributed by atoms with Crippen LogP contribution in [0.5, 0.6) is 0 Å². The quantitative estimate of drug-likeness (QED) is 0.299. The van der Waals surface area contributed by atoms with E-state index in [1.165, 1.54) is 0 Å². The van der Waals surface area contributed by atoms with Crippen LogP contribution in [0.2, 0.25) is 0 Å². The molecule has 35 heavy (non-hydrogen) atoms. The first-order valence-electron chi connectivity index (χ1n) is 12.5. The van der Waals surface area contributed by atoms with E-state index in [0.717, 1.165) is 6.42 Å². The largest absolute Gasteiger partial charge is 0.368 e. The Morgan fingerprint density at radius 3 is 1.77 bits per heavy atom. The zero-order valence-corrected chi connectivity index (χ0v) is 22.0. The fourth-order valence-corrected chi connectivity index (χ4v) is 3.52. The van der Waals surface area contributed by atoms with Crippen LogP contribution >= 0.6 is 0 Å². The van der Waals surface area contributed by atoms with Crippen molar-refractivity contribution < 1.29 is 19.2 Å². The number of nitrogens with zero attached hydrogens (tertiary/aromatic N) is 4. The molecule has 0 atom stereocenters. The molecule has 0 bridgehead atoms. The van der Waals surface area contributed by atoms with E-state index < -0.39 is 5.91 Å². The third-order valence-electron chi connectivity index (χ3n) is 5.37. The number of likely N-dealkylation sites (N-methyl/N-ethyl adjacent to an activating group) is 1. The summed E-state index contributed by atoms with van der Waals surface area (Å²) in [5.41, 5.74) is 0.0628. The predicted octanol–water partition coefficient (Wildman–Crippen LogP) is 2.16. The van der Waals surface area contributed by atoms with Gasteiger partial charge in [0, 0.05) is 52.1 Å². The van der Waals surface area contributed by atoms with Crippen molar-refractivity contribution in [1.29, 1.82) is 0 Å². The van der Waals surface area contributed by atoms with E-state index in [0.29, 0.717) is 39.3 Å². The summed E-state index contributed by atoms with van der Waals surface area (Å²) in [5, 5.41) is 8.57. The van der Waals surface area contributed by atoms with Crippen LogP contribution < -0.4 is 16.0 Å². The van der Waals surface area contributed by atoms with Crippen molar-refractivity contribution in [3.63, 3.8) is 0 Å². The second-order valence-corrected chi connectivity index (χ2v) is 7.82. The van der Waals surface area contributed by atoms with E-state index in [1.807, 2.05) is 41.5 Å². The lowest BCUT2D eigenvalue weighted by Crippen LogP contribution is -2.40. The van der Waals surface area contributed by atoms with Crippen LogP contribution in [-0.4, -0.2) is 89.1 Å². The van der Waals surface area contributed by atoms with Crippen LogP contribution in [0, 0.1) is 0 Å². The highest BCUT2D eigenvalue weighted by atomic mass is 16.2. The third kappa shape index (κ3) is 8.80. The van der Waals surface area contributed by atoms with E-state index in [9.17, 15) is 19.2 Å². The first-order chi connectivity index (χ1) is 16.8. The number of hydrogen-bond acceptors (Lipinski definition) is 8. The second-order valence-electron chi connectivity index (χ2n) is 7.82. The fourth-order valence-electron chi connectivity index (χ4n) is 3.52. The van der Waals surface area contributed by atoms with Gasteiger partial charge in [-0.1, -0.05) is 6.92 Å². The molecule has 1 rings (SSSR count). The zero-order valence-electron chi connectivity index (χ0n) is 22.0. The van der Waals surface area contributed by atoms with Gasteiger partial charge in [-0.2, -0.15) is 0 Å². The van der Waals surface area contributed by atoms with Gasteiger partial charge in [-0.25, -0.2) is 9.97 Å². The molecule has 3 amide bonds. The molecule has 0 aliphatic heterocycles. The standard InChI is InChI=1S/C24H41N7O4/c1-7-15-31(12-6)18(33)14-13-17(32)20-22(25-8-2)29-21(23(28-20)26-9-3)24(35)27-16-19(34)30(10-4)11-5/h7-16H2,1-6H3,(H,25,29)(H,26,28)(H,27,35). The van der Waals surface area contributed by atoms with Crippen molar-refractivity contribution in [2.24, 2.45) is 0 Å². The highest BCUT2D eigenvalue weighted by molar-refractivity contribution is 6.03. The van der Waals surface area contributed by atoms with E-state index in [2.05, 4.69) is 25.9 Å². The van der Waals surface area contributed by atoms with Crippen LogP contribution in [0.15, 0.2) is 0 Å². The Morgan fingerprint density at radius 2 is 1.26 bits per heavy atom. The number of nitrogens with one attached hydrogen (secondary N) is 3. The smallest absolute Gasteiger partial charge is 0.274 e. The number of carbonyl (C=O) groups excluding carboxylic acids is 4. The van der Waals surface area contributed by atoms with Crippen LogP contribution in [0.4, 0.5) is 11.6 Å². The number of hydrogen-bond donors (Lipinski definition) is 3. The van der Waals surface area contributed by atoms with E-state index in [1.54, 1.807) is 9.80 Å². The van der Waals surface area contributed by atoms with Gasteiger partial charge in [-0.3, -0.25) is 19.2 Å². The fraction of sp³-hybridized carbons (Fsp3) is 0.667. The van der Waals surface area contributed by atoms with Gasteiger partial charge in [-0.15, -0.1) is 0 Å². The number of carbonyl (C=O) groups is 4. The minimum atomic E-state index is -0.569. The summed E-state index contributed by atoms with van der Waals surface area (Å²) in [6, 6.07) is 0. The maximum absolute atomic E-state index is 13.0. The lowest BCUT2D eigenvalue weighted by molar-refractivity contribution is -0.131. The lowest BCUT2D eigenvalue weighted by atomic mass is 10.1. The monoisotopic (exact) mass is 491 g/mol. The maximum atomic E-state index is 13.0. The summed E-state index contributed by atoms with van der Waals surface area (Å²) in [7, 11) is 0. The molecule has 3 N–H and O–H groups in total. The Kier molecular flexibility index (Phi) is 13.3. The van der Waals surface area contributed by atoms with Gasteiger partial charge in [0.2, 0.25) is 11.8 Å². The van der Waals surface area contributed by atoms with Gasteiger partial charge in [0.1, 0.15) is 0 Å². The van der Waals surface area contributed by atoms with Crippen LogP contribution in [-0.2, 0) is 9.59 Å².